The third-order valence-corrected chi connectivity index (χ3v) is 5.14. The number of hydrogen-bond donors (Lipinski definition) is 3. The maximum absolute atomic E-state index is 11.8. The van der Waals surface area contributed by atoms with Gasteiger partial charge in [0, 0.05) is 18.7 Å². The number of benzene rings is 1. The summed E-state index contributed by atoms with van der Waals surface area (Å²) >= 11 is 0. The minimum absolute atomic E-state index is 0.225. The number of fused-ring (bicyclic) bond motifs is 2. The molecule has 4 N–H and O–H groups in total. The van der Waals surface area contributed by atoms with Gasteiger partial charge in [-0.1, -0.05) is 6.58 Å². The van der Waals surface area contributed by atoms with Gasteiger partial charge in [-0.25, -0.2) is 4.99 Å². The Morgan fingerprint density at radius 3 is 3.11 bits per heavy atom. The average Bonchev–Trinajstić information content (AvgIpc) is 2.97. The van der Waals surface area contributed by atoms with Crippen molar-refractivity contribution in [3.63, 3.8) is 0 Å². The Morgan fingerprint density at radius 1 is 1.50 bits per heavy atom. The van der Waals surface area contributed by atoms with Crippen LogP contribution in [0.5, 0.6) is 5.75 Å². The number of aromatic amines is 1. The Labute approximate surface area is 160 Å². The van der Waals surface area contributed by atoms with Crippen molar-refractivity contribution in [2.45, 2.75) is 19.1 Å². The first-order valence-corrected chi connectivity index (χ1v) is 9.27. The molecule has 2 aliphatic heterocycles. The van der Waals surface area contributed by atoms with Gasteiger partial charge in [0.2, 0.25) is 11.5 Å². The lowest BCUT2D eigenvalue weighted by Crippen LogP contribution is -2.47. The molecule has 9 nitrogen and oxygen atoms in total. The smallest absolute Gasteiger partial charge is 0.274 e. The fourth-order valence-electron chi connectivity index (χ4n) is 3.58. The lowest BCUT2D eigenvalue weighted by Gasteiger charge is -2.29. The zero-order valence-electron chi connectivity index (χ0n) is 15.4. The van der Waals surface area contributed by atoms with Crippen LogP contribution in [0.4, 0.5) is 5.69 Å². The molecule has 2 aliphatic rings. The first-order valence-electron chi connectivity index (χ1n) is 9.27. The highest BCUT2D eigenvalue weighted by Crippen LogP contribution is 2.26. The SMILES string of the molecule is C=c1c(=O)[nH]c2n1Cc1cc(OCCC(C(N)=O)C3CNCCO3)ccc1N=2. The highest BCUT2D eigenvalue weighted by Gasteiger charge is 2.28. The second kappa shape index (κ2) is 7.61. The zero-order chi connectivity index (χ0) is 19.7. The largest absolute Gasteiger partial charge is 0.494 e. The van der Waals surface area contributed by atoms with Crippen molar-refractivity contribution in [3.8, 4) is 5.75 Å². The molecule has 2 aromatic rings. The van der Waals surface area contributed by atoms with E-state index in [4.69, 9.17) is 15.2 Å². The number of rotatable bonds is 6. The molecule has 4 rings (SSSR count). The number of amides is 1. The lowest BCUT2D eigenvalue weighted by molar-refractivity contribution is -0.128. The number of aromatic nitrogens is 2. The molecule has 1 amide bonds. The third kappa shape index (κ3) is 3.58. The number of morpholine rings is 1. The van der Waals surface area contributed by atoms with Crippen LogP contribution in [-0.4, -0.2) is 47.9 Å². The van der Waals surface area contributed by atoms with Crippen LogP contribution in [0, 0.1) is 5.92 Å². The summed E-state index contributed by atoms with van der Waals surface area (Å²) in [7, 11) is 0. The van der Waals surface area contributed by atoms with Gasteiger partial charge in [-0.15, -0.1) is 0 Å². The summed E-state index contributed by atoms with van der Waals surface area (Å²) in [5.41, 5.74) is 7.53. The Morgan fingerprint density at radius 2 is 2.36 bits per heavy atom. The number of primary amides is 1. The molecular formula is C19H23N5O4. The molecule has 0 bridgehead atoms. The molecule has 1 aromatic carbocycles. The molecule has 2 atom stereocenters. The van der Waals surface area contributed by atoms with E-state index in [2.05, 4.69) is 21.9 Å². The van der Waals surface area contributed by atoms with E-state index in [9.17, 15) is 9.59 Å². The number of hydrogen-bond acceptors (Lipinski definition) is 6. The molecule has 9 heteroatoms. The van der Waals surface area contributed by atoms with Gasteiger partial charge in [-0.3, -0.25) is 14.6 Å². The minimum Gasteiger partial charge on any atom is -0.494 e. The summed E-state index contributed by atoms with van der Waals surface area (Å²) in [6.45, 7) is 6.59. The van der Waals surface area contributed by atoms with E-state index in [0.717, 1.165) is 17.8 Å². The molecule has 0 radical (unpaired) electrons. The van der Waals surface area contributed by atoms with E-state index in [-0.39, 0.29) is 17.6 Å². The topological polar surface area (TPSA) is 124 Å². The first kappa shape index (κ1) is 18.5. The molecule has 28 heavy (non-hydrogen) atoms. The van der Waals surface area contributed by atoms with Gasteiger partial charge in [-0.05, 0) is 24.6 Å². The van der Waals surface area contributed by atoms with E-state index < -0.39 is 5.92 Å². The van der Waals surface area contributed by atoms with Crippen molar-refractivity contribution >= 4 is 18.2 Å². The average molecular weight is 385 g/mol. The quantitative estimate of drug-likeness (QED) is 0.490. The standard InChI is InChI=1S/C19H23N5O4/c1-11-18(26)23-19-22-15-3-2-13(8-12(15)10-24(11)19)27-6-4-14(17(20)25)16-9-21-5-7-28-16/h2-3,8,14,16,21H,1,4-7,9-10H2,(H2,20,25)(H,22,23,26). The molecule has 0 aliphatic carbocycles. The number of carbonyl (C=O) groups is 1. The van der Waals surface area contributed by atoms with E-state index in [1.54, 1.807) is 4.57 Å². The summed E-state index contributed by atoms with van der Waals surface area (Å²) in [6, 6.07) is 5.56. The Kier molecular flexibility index (Phi) is 5.01. The van der Waals surface area contributed by atoms with Crippen LogP contribution in [-0.2, 0) is 16.1 Å². The van der Waals surface area contributed by atoms with Crippen LogP contribution in [0.3, 0.4) is 0 Å². The molecule has 3 heterocycles. The van der Waals surface area contributed by atoms with Crippen LogP contribution in [0.2, 0.25) is 0 Å². The van der Waals surface area contributed by atoms with Gasteiger partial charge in [0.05, 0.1) is 37.5 Å². The van der Waals surface area contributed by atoms with Crippen LogP contribution < -0.4 is 32.3 Å². The number of nitrogens with two attached hydrogens (primary N) is 1. The number of imidazole rings is 1. The minimum atomic E-state index is -0.400. The number of ether oxygens (including phenoxy) is 2. The van der Waals surface area contributed by atoms with Gasteiger partial charge < -0.3 is 25.1 Å². The van der Waals surface area contributed by atoms with Crippen molar-refractivity contribution in [1.82, 2.24) is 14.9 Å². The van der Waals surface area contributed by atoms with Gasteiger partial charge in [-0.2, -0.15) is 0 Å². The van der Waals surface area contributed by atoms with E-state index >= 15 is 0 Å². The molecular weight excluding hydrogens is 362 g/mol. The molecule has 0 saturated carbocycles. The van der Waals surface area contributed by atoms with E-state index in [1.165, 1.54) is 0 Å². The van der Waals surface area contributed by atoms with Crippen LogP contribution in [0.1, 0.15) is 12.0 Å². The van der Waals surface area contributed by atoms with Crippen molar-refractivity contribution < 1.29 is 14.3 Å². The molecule has 1 aromatic heterocycles. The summed E-state index contributed by atoms with van der Waals surface area (Å²) in [6.07, 6.45) is 0.250. The number of nitrogens with one attached hydrogen (secondary N) is 2. The van der Waals surface area contributed by atoms with Gasteiger partial charge >= 0.3 is 0 Å². The van der Waals surface area contributed by atoms with Crippen molar-refractivity contribution in [3.05, 3.63) is 45.1 Å². The summed E-state index contributed by atoms with van der Waals surface area (Å²) < 4.78 is 13.2. The Hall–Kier alpha value is -2.91. The molecule has 1 fully saturated rings. The molecule has 0 spiro atoms. The second-order valence-electron chi connectivity index (χ2n) is 6.97. The monoisotopic (exact) mass is 385 g/mol. The van der Waals surface area contributed by atoms with Crippen molar-refractivity contribution in [1.29, 1.82) is 0 Å². The maximum atomic E-state index is 11.8. The van der Waals surface area contributed by atoms with Gasteiger partial charge in [0.25, 0.3) is 5.56 Å². The zero-order valence-corrected chi connectivity index (χ0v) is 15.4. The normalized spacial score (nSPS) is 19.2. The predicted octanol–water partition coefficient (Wildman–Crippen LogP) is -1.24. The first-order chi connectivity index (χ1) is 13.5. The highest BCUT2D eigenvalue weighted by atomic mass is 16.5. The van der Waals surface area contributed by atoms with Crippen LogP contribution >= 0.6 is 0 Å². The number of H-pyrrole nitrogens is 1. The third-order valence-electron chi connectivity index (χ3n) is 5.14. The Balaban J connectivity index is 1.43. The van der Waals surface area contributed by atoms with Crippen molar-refractivity contribution in [2.24, 2.45) is 16.6 Å². The molecule has 2 unspecified atom stereocenters. The fourth-order valence-corrected chi connectivity index (χ4v) is 3.58. The number of nitrogens with zero attached hydrogens (tertiary/aromatic N) is 2. The summed E-state index contributed by atoms with van der Waals surface area (Å²) in [4.78, 5) is 30.7. The van der Waals surface area contributed by atoms with Crippen molar-refractivity contribution in [2.75, 3.05) is 26.3 Å². The molecule has 1 saturated heterocycles. The highest BCUT2D eigenvalue weighted by molar-refractivity contribution is 5.77. The lowest BCUT2D eigenvalue weighted by atomic mass is 9.97. The number of carbonyl (C=O) groups excluding carboxylic acids is 1. The Bertz CT molecular complexity index is 1050. The maximum Gasteiger partial charge on any atom is 0.274 e. The summed E-state index contributed by atoms with van der Waals surface area (Å²) in [5.74, 6) is -0.107. The van der Waals surface area contributed by atoms with Gasteiger partial charge in [0.1, 0.15) is 11.1 Å². The fraction of sp³-hybridized carbons (Fsp3) is 0.421. The van der Waals surface area contributed by atoms with E-state index in [0.29, 0.717) is 49.4 Å². The second-order valence-corrected chi connectivity index (χ2v) is 6.97. The van der Waals surface area contributed by atoms with Crippen LogP contribution in [0.15, 0.2) is 28.0 Å². The van der Waals surface area contributed by atoms with Crippen LogP contribution in [0.25, 0.3) is 6.58 Å². The summed E-state index contributed by atoms with van der Waals surface area (Å²) in [5, 5.41) is 3.59. The van der Waals surface area contributed by atoms with Gasteiger partial charge in [0.15, 0.2) is 0 Å². The molecule has 148 valence electrons. The van der Waals surface area contributed by atoms with E-state index in [1.807, 2.05) is 18.2 Å². The predicted molar refractivity (Wildman–Crippen MR) is 102 cm³/mol.